The Balaban J connectivity index is 1.20. The molecule has 0 aliphatic heterocycles. The molecular weight excluding hydrogens is 416 g/mol. The second-order valence-electron chi connectivity index (χ2n) is 9.16. The molecular formula is C22H26N4O2S2. The monoisotopic (exact) mass is 442 g/mol. The van der Waals surface area contributed by atoms with Gasteiger partial charge in [-0.15, -0.1) is 10.2 Å². The summed E-state index contributed by atoms with van der Waals surface area (Å²) in [5.74, 6) is 2.56. The van der Waals surface area contributed by atoms with E-state index < -0.39 is 0 Å². The van der Waals surface area contributed by atoms with E-state index in [1.165, 1.54) is 42.4 Å². The van der Waals surface area contributed by atoms with Crippen LogP contribution in [-0.4, -0.2) is 27.8 Å². The van der Waals surface area contributed by atoms with E-state index in [2.05, 4.69) is 20.8 Å². The third-order valence-corrected chi connectivity index (χ3v) is 8.73. The number of amides is 2. The van der Waals surface area contributed by atoms with Gasteiger partial charge in [-0.05, 0) is 81.4 Å². The molecule has 0 unspecified atom stereocenters. The molecule has 1 aromatic carbocycles. The Labute approximate surface area is 184 Å². The standard InChI is InChI=1S/C22H26N4O2S2/c1-13-25-26-21(30-13)29-12-19(27)23-17-3-2-4-18(8-17)24-20(28)22-9-14-5-15(10-22)7-16(6-14)11-22/h2-4,8,14-16H,5-7,9-12H2,1H3,(H,23,27)(H,24,28). The molecule has 158 valence electrons. The maximum Gasteiger partial charge on any atom is 0.234 e. The van der Waals surface area contributed by atoms with Gasteiger partial charge in [-0.2, -0.15) is 0 Å². The summed E-state index contributed by atoms with van der Waals surface area (Å²) < 4.78 is 0.791. The van der Waals surface area contributed by atoms with Crippen LogP contribution >= 0.6 is 23.1 Å². The minimum absolute atomic E-state index is 0.0996. The molecule has 1 aromatic heterocycles. The second-order valence-corrected chi connectivity index (χ2v) is 11.6. The van der Waals surface area contributed by atoms with Crippen LogP contribution in [0.2, 0.25) is 0 Å². The molecule has 0 saturated heterocycles. The summed E-state index contributed by atoms with van der Waals surface area (Å²) in [6, 6.07) is 7.45. The number of rotatable bonds is 6. The van der Waals surface area contributed by atoms with Crippen molar-refractivity contribution in [1.82, 2.24) is 10.2 Å². The van der Waals surface area contributed by atoms with Gasteiger partial charge < -0.3 is 10.6 Å². The van der Waals surface area contributed by atoms with E-state index in [0.29, 0.717) is 5.69 Å². The Kier molecular flexibility index (Phi) is 5.31. The third kappa shape index (κ3) is 4.12. The molecule has 6 rings (SSSR count). The summed E-state index contributed by atoms with van der Waals surface area (Å²) in [6.45, 7) is 1.89. The molecule has 1 heterocycles. The first kappa shape index (κ1) is 20.0. The summed E-state index contributed by atoms with van der Waals surface area (Å²) in [5.41, 5.74) is 1.27. The first-order valence-corrected chi connectivity index (χ1v) is 12.4. The molecule has 4 aliphatic rings. The van der Waals surface area contributed by atoms with Crippen molar-refractivity contribution in [2.24, 2.45) is 23.2 Å². The van der Waals surface area contributed by atoms with Crippen molar-refractivity contribution >= 4 is 46.3 Å². The lowest BCUT2D eigenvalue weighted by Crippen LogP contribution is -2.51. The smallest absolute Gasteiger partial charge is 0.234 e. The van der Waals surface area contributed by atoms with E-state index in [-0.39, 0.29) is 23.0 Å². The SMILES string of the molecule is Cc1nnc(SCC(=O)Nc2cccc(NC(=O)C34CC5CC(CC(C5)C3)C4)c2)s1. The number of nitrogens with zero attached hydrogens (tertiary/aromatic N) is 2. The van der Waals surface area contributed by atoms with Crippen LogP contribution in [0.3, 0.4) is 0 Å². The van der Waals surface area contributed by atoms with Crippen molar-refractivity contribution in [2.45, 2.75) is 49.8 Å². The van der Waals surface area contributed by atoms with Crippen molar-refractivity contribution in [3.05, 3.63) is 29.3 Å². The Morgan fingerprint density at radius 2 is 1.70 bits per heavy atom. The highest BCUT2D eigenvalue weighted by atomic mass is 32.2. The predicted octanol–water partition coefficient (Wildman–Crippen LogP) is 4.73. The van der Waals surface area contributed by atoms with E-state index in [9.17, 15) is 9.59 Å². The van der Waals surface area contributed by atoms with Gasteiger partial charge in [0, 0.05) is 11.4 Å². The van der Waals surface area contributed by atoms with E-state index in [4.69, 9.17) is 0 Å². The van der Waals surface area contributed by atoms with Crippen LogP contribution in [0.25, 0.3) is 0 Å². The zero-order chi connectivity index (χ0) is 20.7. The highest BCUT2D eigenvalue weighted by molar-refractivity contribution is 8.01. The number of aromatic nitrogens is 2. The number of hydrogen-bond acceptors (Lipinski definition) is 6. The molecule has 4 saturated carbocycles. The Bertz CT molecular complexity index is 938. The summed E-state index contributed by atoms with van der Waals surface area (Å²) in [6.07, 6.45) is 7.10. The highest BCUT2D eigenvalue weighted by Crippen LogP contribution is 2.60. The van der Waals surface area contributed by atoms with E-state index in [0.717, 1.165) is 52.1 Å². The van der Waals surface area contributed by atoms with Crippen LogP contribution in [0.15, 0.2) is 28.6 Å². The summed E-state index contributed by atoms with van der Waals surface area (Å²) in [7, 11) is 0. The van der Waals surface area contributed by atoms with Crippen molar-refractivity contribution in [3.63, 3.8) is 0 Å². The Morgan fingerprint density at radius 1 is 1.07 bits per heavy atom. The number of anilines is 2. The molecule has 4 fully saturated rings. The fourth-order valence-corrected chi connectivity index (χ4v) is 7.60. The van der Waals surface area contributed by atoms with Crippen LogP contribution in [0.1, 0.15) is 43.5 Å². The van der Waals surface area contributed by atoms with Crippen LogP contribution in [0.5, 0.6) is 0 Å². The van der Waals surface area contributed by atoms with Crippen molar-refractivity contribution in [2.75, 3.05) is 16.4 Å². The van der Waals surface area contributed by atoms with Crippen LogP contribution in [-0.2, 0) is 9.59 Å². The van der Waals surface area contributed by atoms with Gasteiger partial charge in [-0.1, -0.05) is 29.2 Å². The molecule has 6 nitrogen and oxygen atoms in total. The van der Waals surface area contributed by atoms with Gasteiger partial charge >= 0.3 is 0 Å². The molecule has 2 aromatic rings. The predicted molar refractivity (Wildman–Crippen MR) is 120 cm³/mol. The maximum atomic E-state index is 13.2. The van der Waals surface area contributed by atoms with E-state index in [1.807, 2.05) is 31.2 Å². The lowest BCUT2D eigenvalue weighted by molar-refractivity contribution is -0.140. The first-order chi connectivity index (χ1) is 14.5. The van der Waals surface area contributed by atoms with E-state index in [1.54, 1.807) is 0 Å². The molecule has 30 heavy (non-hydrogen) atoms. The minimum Gasteiger partial charge on any atom is -0.326 e. The molecule has 4 aliphatic carbocycles. The largest absolute Gasteiger partial charge is 0.326 e. The van der Waals surface area contributed by atoms with Crippen LogP contribution in [0, 0.1) is 30.1 Å². The van der Waals surface area contributed by atoms with Crippen molar-refractivity contribution in [3.8, 4) is 0 Å². The quantitative estimate of drug-likeness (QED) is 0.632. The average Bonchev–Trinajstić information content (AvgIpc) is 3.11. The fourth-order valence-electron chi connectivity index (χ4n) is 5.99. The molecule has 2 amide bonds. The topological polar surface area (TPSA) is 84.0 Å². The first-order valence-electron chi connectivity index (χ1n) is 10.6. The summed E-state index contributed by atoms with van der Waals surface area (Å²) in [5, 5.41) is 14.9. The minimum atomic E-state index is -0.176. The summed E-state index contributed by atoms with van der Waals surface area (Å²) >= 11 is 2.86. The zero-order valence-corrected chi connectivity index (χ0v) is 18.7. The number of carbonyl (C=O) groups excluding carboxylic acids is 2. The Hall–Kier alpha value is -1.93. The molecule has 0 atom stereocenters. The van der Waals surface area contributed by atoms with Gasteiger partial charge in [0.05, 0.1) is 11.2 Å². The lowest BCUT2D eigenvalue weighted by atomic mass is 9.49. The molecule has 0 radical (unpaired) electrons. The number of nitrogens with one attached hydrogen (secondary N) is 2. The van der Waals surface area contributed by atoms with Crippen molar-refractivity contribution < 1.29 is 9.59 Å². The summed E-state index contributed by atoms with van der Waals surface area (Å²) in [4.78, 5) is 25.5. The molecule has 2 N–H and O–H groups in total. The van der Waals surface area contributed by atoms with Crippen molar-refractivity contribution in [1.29, 1.82) is 0 Å². The fraction of sp³-hybridized carbons (Fsp3) is 0.545. The number of thioether (sulfide) groups is 1. The van der Waals surface area contributed by atoms with Gasteiger partial charge in [0.15, 0.2) is 4.34 Å². The van der Waals surface area contributed by atoms with Gasteiger partial charge in [-0.25, -0.2) is 0 Å². The molecule has 4 bridgehead atoms. The maximum absolute atomic E-state index is 13.2. The number of aryl methyl sites for hydroxylation is 1. The lowest BCUT2D eigenvalue weighted by Gasteiger charge is -2.55. The second kappa shape index (κ2) is 7.96. The number of carbonyl (C=O) groups is 2. The van der Waals surface area contributed by atoms with E-state index >= 15 is 0 Å². The zero-order valence-electron chi connectivity index (χ0n) is 17.0. The van der Waals surface area contributed by atoms with Crippen LogP contribution in [0.4, 0.5) is 11.4 Å². The number of benzene rings is 1. The van der Waals surface area contributed by atoms with Gasteiger partial charge in [0.25, 0.3) is 0 Å². The van der Waals surface area contributed by atoms with Crippen LogP contribution < -0.4 is 10.6 Å². The highest BCUT2D eigenvalue weighted by Gasteiger charge is 2.54. The Morgan fingerprint density at radius 3 is 2.30 bits per heavy atom. The number of hydrogen-bond donors (Lipinski definition) is 2. The normalized spacial score (nSPS) is 29.0. The van der Waals surface area contributed by atoms with Gasteiger partial charge in [0.2, 0.25) is 11.8 Å². The molecule has 8 heteroatoms. The average molecular weight is 443 g/mol. The third-order valence-electron chi connectivity index (χ3n) is 6.76. The van der Waals surface area contributed by atoms with Gasteiger partial charge in [-0.3, -0.25) is 9.59 Å². The van der Waals surface area contributed by atoms with Gasteiger partial charge in [0.1, 0.15) is 5.01 Å². The molecule has 0 spiro atoms.